The van der Waals surface area contributed by atoms with Crippen LogP contribution in [-0.4, -0.2) is 49.9 Å². The Morgan fingerprint density at radius 2 is 2.05 bits per heavy atom. The molecule has 2 aromatic carbocycles. The van der Waals surface area contributed by atoms with Crippen LogP contribution >= 0.6 is 0 Å². The fourth-order valence-corrected chi connectivity index (χ4v) is 4.95. The van der Waals surface area contributed by atoms with Gasteiger partial charge < -0.3 is 14.5 Å². The van der Waals surface area contributed by atoms with Crippen LogP contribution in [0.4, 0.5) is 4.39 Å². The first kappa shape index (κ1) is 25.0. The third-order valence-electron chi connectivity index (χ3n) is 6.89. The van der Waals surface area contributed by atoms with Gasteiger partial charge in [0.05, 0.1) is 31.3 Å². The van der Waals surface area contributed by atoms with E-state index in [9.17, 15) is 9.18 Å². The summed E-state index contributed by atoms with van der Waals surface area (Å²) < 4.78 is 26.5. The Morgan fingerprint density at radius 3 is 2.78 bits per heavy atom. The largest absolute Gasteiger partial charge is 0.497 e. The zero-order valence-electron chi connectivity index (χ0n) is 21.1. The summed E-state index contributed by atoms with van der Waals surface area (Å²) in [5.41, 5.74) is 2.10. The lowest BCUT2D eigenvalue weighted by Crippen LogP contribution is -2.33. The van der Waals surface area contributed by atoms with Gasteiger partial charge in [-0.1, -0.05) is 19.1 Å². The number of halogens is 1. The van der Waals surface area contributed by atoms with Crippen molar-refractivity contribution < 1.29 is 13.9 Å². The van der Waals surface area contributed by atoms with E-state index in [2.05, 4.69) is 32.3 Å². The number of rotatable bonds is 10. The molecule has 37 heavy (non-hydrogen) atoms. The van der Waals surface area contributed by atoms with Crippen molar-refractivity contribution in [3.05, 3.63) is 81.7 Å². The summed E-state index contributed by atoms with van der Waals surface area (Å²) in [6, 6.07) is 13.8. The molecule has 0 unspecified atom stereocenters. The van der Waals surface area contributed by atoms with Gasteiger partial charge in [-0.25, -0.2) is 9.07 Å². The summed E-state index contributed by atoms with van der Waals surface area (Å²) >= 11 is 0. The van der Waals surface area contributed by atoms with Crippen LogP contribution in [0.2, 0.25) is 0 Å². The number of nitrogens with zero attached hydrogens (tertiary/aromatic N) is 5. The lowest BCUT2D eigenvalue weighted by molar-refractivity contribution is 0.0888. The van der Waals surface area contributed by atoms with E-state index in [1.54, 1.807) is 19.2 Å². The number of ether oxygens (including phenoxy) is 2. The fourth-order valence-electron chi connectivity index (χ4n) is 4.95. The number of pyridine rings is 1. The van der Waals surface area contributed by atoms with Crippen molar-refractivity contribution in [2.75, 3.05) is 13.7 Å². The van der Waals surface area contributed by atoms with Gasteiger partial charge in [-0.05, 0) is 71.0 Å². The Kier molecular flexibility index (Phi) is 7.57. The second-order valence-corrected chi connectivity index (χ2v) is 9.39. The Balaban J connectivity index is 1.49. The zero-order chi connectivity index (χ0) is 25.8. The highest BCUT2D eigenvalue weighted by atomic mass is 19.1. The van der Waals surface area contributed by atoms with Gasteiger partial charge in [-0.15, -0.1) is 5.10 Å². The molecule has 0 radical (unpaired) electrons. The van der Waals surface area contributed by atoms with E-state index in [4.69, 9.17) is 9.47 Å². The minimum atomic E-state index is -0.288. The number of aromatic amines is 1. The third-order valence-corrected chi connectivity index (χ3v) is 6.89. The second kappa shape index (κ2) is 11.2. The van der Waals surface area contributed by atoms with Crippen molar-refractivity contribution in [2.24, 2.45) is 0 Å². The van der Waals surface area contributed by atoms with E-state index in [0.717, 1.165) is 42.6 Å². The van der Waals surface area contributed by atoms with Gasteiger partial charge in [0.15, 0.2) is 5.82 Å². The van der Waals surface area contributed by atoms with Crippen LogP contribution < -0.4 is 10.3 Å². The molecule has 1 aliphatic heterocycles. The van der Waals surface area contributed by atoms with Crippen LogP contribution in [0.3, 0.4) is 0 Å². The molecule has 2 aromatic heterocycles. The van der Waals surface area contributed by atoms with Gasteiger partial charge in [0.25, 0.3) is 5.56 Å². The molecule has 0 aliphatic carbocycles. The van der Waals surface area contributed by atoms with E-state index in [1.807, 2.05) is 28.9 Å². The molecule has 0 amide bonds. The highest BCUT2D eigenvalue weighted by Gasteiger charge is 2.28. The number of H-pyrrole nitrogens is 1. The molecule has 1 fully saturated rings. The van der Waals surface area contributed by atoms with E-state index in [1.165, 1.54) is 12.1 Å². The monoisotopic (exact) mass is 506 g/mol. The van der Waals surface area contributed by atoms with Crippen molar-refractivity contribution in [3.63, 3.8) is 0 Å². The highest BCUT2D eigenvalue weighted by molar-refractivity contribution is 5.80. The van der Waals surface area contributed by atoms with Crippen LogP contribution in [-0.2, 0) is 24.4 Å². The predicted molar refractivity (Wildman–Crippen MR) is 137 cm³/mol. The molecule has 0 spiro atoms. The summed E-state index contributed by atoms with van der Waals surface area (Å²) in [6.07, 6.45) is 2.82. The van der Waals surface area contributed by atoms with Gasteiger partial charge in [-0.3, -0.25) is 9.69 Å². The molecule has 1 aliphatic rings. The standard InChI is InChI=1S/C27H31FN6O3/c1-3-25(26-30-31-32-34(26)17-23-5-4-12-37-23)33(15-18-6-9-21(28)10-7-18)16-20-13-19-8-11-22(36-2)14-24(19)29-27(20)35/h6-11,13-14,23,25H,3-5,12,15-17H2,1-2H3,(H,29,35)/t23-,25+/m0/s1. The minimum absolute atomic E-state index is 0.0885. The van der Waals surface area contributed by atoms with E-state index < -0.39 is 0 Å². The van der Waals surface area contributed by atoms with Crippen LogP contribution in [0.5, 0.6) is 5.75 Å². The van der Waals surface area contributed by atoms with E-state index in [0.29, 0.717) is 36.5 Å². The number of benzene rings is 2. The zero-order valence-corrected chi connectivity index (χ0v) is 21.1. The summed E-state index contributed by atoms with van der Waals surface area (Å²) in [5, 5.41) is 13.5. The van der Waals surface area contributed by atoms with Gasteiger partial charge in [0.1, 0.15) is 11.6 Å². The number of hydrogen-bond donors (Lipinski definition) is 1. The SMILES string of the molecule is CC[C@H](c1nnnn1C[C@@H]1CCCO1)N(Cc1ccc(F)cc1)Cc1cc2ccc(OC)cc2[nH]c1=O. The number of aromatic nitrogens is 5. The summed E-state index contributed by atoms with van der Waals surface area (Å²) in [6.45, 7) is 4.27. The first-order valence-corrected chi connectivity index (χ1v) is 12.6. The van der Waals surface area contributed by atoms with Gasteiger partial charge in [-0.2, -0.15) is 0 Å². The lowest BCUT2D eigenvalue weighted by atomic mass is 10.1. The van der Waals surface area contributed by atoms with Crippen LogP contribution in [0.15, 0.2) is 53.3 Å². The molecule has 9 nitrogen and oxygen atoms in total. The van der Waals surface area contributed by atoms with E-state index >= 15 is 0 Å². The molecule has 1 N–H and O–H groups in total. The van der Waals surface area contributed by atoms with Crippen molar-refractivity contribution in [3.8, 4) is 5.75 Å². The van der Waals surface area contributed by atoms with Crippen molar-refractivity contribution in [2.45, 2.75) is 58.0 Å². The first-order valence-electron chi connectivity index (χ1n) is 12.6. The molecule has 10 heteroatoms. The normalized spacial score (nSPS) is 16.5. The van der Waals surface area contributed by atoms with Crippen molar-refractivity contribution in [1.82, 2.24) is 30.1 Å². The van der Waals surface area contributed by atoms with E-state index in [-0.39, 0.29) is 23.5 Å². The Hall–Kier alpha value is -3.63. The predicted octanol–water partition coefficient (Wildman–Crippen LogP) is 3.99. The molecule has 0 bridgehead atoms. The lowest BCUT2D eigenvalue weighted by Gasteiger charge is -2.30. The van der Waals surface area contributed by atoms with Crippen LogP contribution in [0.25, 0.3) is 10.9 Å². The molecule has 4 aromatic rings. The van der Waals surface area contributed by atoms with Crippen molar-refractivity contribution >= 4 is 10.9 Å². The van der Waals surface area contributed by atoms with Gasteiger partial charge >= 0.3 is 0 Å². The Bertz CT molecular complexity index is 1400. The average molecular weight is 507 g/mol. The summed E-state index contributed by atoms with van der Waals surface area (Å²) in [7, 11) is 1.60. The molecule has 0 saturated carbocycles. The molecule has 2 atom stereocenters. The number of nitrogens with one attached hydrogen (secondary N) is 1. The van der Waals surface area contributed by atoms with Crippen LogP contribution in [0.1, 0.15) is 49.2 Å². The first-order chi connectivity index (χ1) is 18.0. The van der Waals surface area contributed by atoms with Crippen molar-refractivity contribution in [1.29, 1.82) is 0 Å². The fraction of sp³-hybridized carbons (Fsp3) is 0.407. The smallest absolute Gasteiger partial charge is 0.252 e. The molecular weight excluding hydrogens is 475 g/mol. The number of tetrazole rings is 1. The average Bonchev–Trinajstić information content (AvgIpc) is 3.59. The summed E-state index contributed by atoms with van der Waals surface area (Å²) in [5.74, 6) is 1.12. The molecule has 5 rings (SSSR count). The maximum atomic E-state index is 13.6. The molecule has 3 heterocycles. The minimum Gasteiger partial charge on any atom is -0.497 e. The topological polar surface area (TPSA) is 98.2 Å². The maximum Gasteiger partial charge on any atom is 0.252 e. The maximum absolute atomic E-state index is 13.6. The Morgan fingerprint density at radius 1 is 1.22 bits per heavy atom. The molecule has 1 saturated heterocycles. The molecule has 194 valence electrons. The number of methoxy groups -OCH3 is 1. The second-order valence-electron chi connectivity index (χ2n) is 9.39. The number of fused-ring (bicyclic) bond motifs is 1. The summed E-state index contributed by atoms with van der Waals surface area (Å²) in [4.78, 5) is 18.3. The quantitative estimate of drug-likeness (QED) is 0.347. The van der Waals surface area contributed by atoms with Gasteiger partial charge in [0, 0.05) is 31.3 Å². The third kappa shape index (κ3) is 5.70. The Labute approximate surface area is 214 Å². The number of hydrogen-bond acceptors (Lipinski definition) is 7. The van der Waals surface area contributed by atoms with Crippen LogP contribution in [0, 0.1) is 5.82 Å². The highest BCUT2D eigenvalue weighted by Crippen LogP contribution is 2.28. The molecular formula is C27H31FN6O3. The van der Waals surface area contributed by atoms with Gasteiger partial charge in [0.2, 0.25) is 0 Å².